The van der Waals surface area contributed by atoms with Crippen LogP contribution in [0.1, 0.15) is 6.85 Å². The number of rotatable bonds is 2. The number of hydrogen-bond donors (Lipinski definition) is 0. The molecule has 0 saturated carbocycles. The quantitative estimate of drug-likeness (QED) is 0.169. The summed E-state index contributed by atoms with van der Waals surface area (Å²) in [6.07, 6.45) is 0. The topological polar surface area (TPSA) is 0 Å². The molecule has 0 heteroatoms. The van der Waals surface area contributed by atoms with Crippen molar-refractivity contribution in [3.63, 3.8) is 0 Å². The van der Waals surface area contributed by atoms with Crippen LogP contribution in [0.3, 0.4) is 0 Å². The normalized spacial score (nSPS) is 13.5. The molecule has 0 atom stereocenters. The van der Waals surface area contributed by atoms with Gasteiger partial charge < -0.3 is 0 Å². The molecule has 0 heterocycles. The lowest BCUT2D eigenvalue weighted by Crippen LogP contribution is -1.91. The van der Waals surface area contributed by atoms with Crippen LogP contribution in [0.5, 0.6) is 0 Å². The molecule has 38 heavy (non-hydrogen) atoms. The maximum absolute atomic E-state index is 8.81. The standard InChI is InChI=1S/C38H24/c1-2-11-25(12-3-1)37-32-15-6-8-17-34(32)38(35-18-9-7-16-33(35)37)31-20-10-19-29-30(31)22-21-28-23-26-13-4-5-14-27(26)24-36(28)29/h1-24H/i1D,2D,3D,11D,12D. The van der Waals surface area contributed by atoms with E-state index in [-0.39, 0.29) is 35.8 Å². The van der Waals surface area contributed by atoms with Gasteiger partial charge in [-0.05, 0) is 88.2 Å². The molecule has 0 aliphatic carbocycles. The van der Waals surface area contributed by atoms with Gasteiger partial charge >= 0.3 is 0 Å². The molecule has 0 aliphatic rings. The zero-order valence-corrected chi connectivity index (χ0v) is 20.5. The highest BCUT2D eigenvalue weighted by molar-refractivity contribution is 6.25. The van der Waals surface area contributed by atoms with E-state index in [2.05, 4.69) is 78.9 Å². The zero-order chi connectivity index (χ0) is 29.4. The highest BCUT2D eigenvalue weighted by atomic mass is 14.2. The van der Waals surface area contributed by atoms with Crippen molar-refractivity contribution in [1.29, 1.82) is 0 Å². The molecule has 0 unspecified atom stereocenters. The van der Waals surface area contributed by atoms with E-state index >= 15 is 0 Å². The average Bonchev–Trinajstić information content (AvgIpc) is 3.05. The Hall–Kier alpha value is -4.94. The maximum Gasteiger partial charge on any atom is 0.0629 e. The van der Waals surface area contributed by atoms with Gasteiger partial charge in [0.05, 0.1) is 6.85 Å². The first kappa shape index (κ1) is 16.7. The third-order valence-electron chi connectivity index (χ3n) is 7.69. The summed E-state index contributed by atoms with van der Waals surface area (Å²) in [5.74, 6) is 0. The van der Waals surface area contributed by atoms with Crippen LogP contribution in [0.2, 0.25) is 0 Å². The largest absolute Gasteiger partial charge is 0.0629 e. The first-order chi connectivity index (χ1) is 20.9. The molecule has 0 saturated heterocycles. The lowest BCUT2D eigenvalue weighted by molar-refractivity contribution is 1.66. The Balaban J connectivity index is 1.53. The number of fused-ring (bicyclic) bond motifs is 6. The van der Waals surface area contributed by atoms with E-state index < -0.39 is 0 Å². The van der Waals surface area contributed by atoms with E-state index in [1.165, 1.54) is 26.9 Å². The highest BCUT2D eigenvalue weighted by Gasteiger charge is 2.18. The van der Waals surface area contributed by atoms with Crippen molar-refractivity contribution in [2.45, 2.75) is 0 Å². The van der Waals surface area contributed by atoms with E-state index in [1.807, 2.05) is 36.4 Å². The summed E-state index contributed by atoms with van der Waals surface area (Å²) in [5.41, 5.74) is 3.03. The molecule has 0 aliphatic heterocycles. The van der Waals surface area contributed by atoms with Crippen LogP contribution in [0.15, 0.2) is 145 Å². The van der Waals surface area contributed by atoms with Gasteiger partial charge in [0.1, 0.15) is 0 Å². The molecule has 0 aromatic heterocycles. The van der Waals surface area contributed by atoms with Gasteiger partial charge in [0.2, 0.25) is 0 Å². The smallest absolute Gasteiger partial charge is 0.0622 e. The van der Waals surface area contributed by atoms with Gasteiger partial charge in [0.15, 0.2) is 0 Å². The SMILES string of the molecule is [2H]c1c([2H])c([2H])c(-c2c3ccccc3c(-c3cccc4c3ccc3cc5ccccc5cc34)c3ccccc23)c([2H])c1[2H]. The fourth-order valence-corrected chi connectivity index (χ4v) is 6.06. The first-order valence-corrected chi connectivity index (χ1v) is 12.8. The molecule has 176 valence electrons. The molecule has 0 N–H and O–H groups in total. The lowest BCUT2D eigenvalue weighted by atomic mass is 9.84. The predicted octanol–water partition coefficient (Wildman–Crippen LogP) is 10.8. The fraction of sp³-hybridized carbons (Fsp3) is 0. The minimum atomic E-state index is -0.389. The number of hydrogen-bond acceptors (Lipinski definition) is 0. The fourth-order valence-electron chi connectivity index (χ4n) is 6.06. The van der Waals surface area contributed by atoms with E-state index in [4.69, 9.17) is 6.85 Å². The van der Waals surface area contributed by atoms with Gasteiger partial charge in [-0.3, -0.25) is 0 Å². The minimum Gasteiger partial charge on any atom is -0.0622 e. The Kier molecular flexibility index (Phi) is 3.65. The molecule has 0 bridgehead atoms. The van der Waals surface area contributed by atoms with Gasteiger partial charge in [-0.1, -0.05) is 133 Å². The van der Waals surface area contributed by atoms with Crippen molar-refractivity contribution in [3.8, 4) is 22.3 Å². The van der Waals surface area contributed by atoms with Crippen LogP contribution in [-0.2, 0) is 0 Å². The predicted molar refractivity (Wildman–Crippen MR) is 165 cm³/mol. The summed E-state index contributed by atoms with van der Waals surface area (Å²) in [7, 11) is 0. The van der Waals surface area contributed by atoms with Gasteiger partial charge in [0, 0.05) is 0 Å². The van der Waals surface area contributed by atoms with E-state index in [0.717, 1.165) is 38.1 Å². The maximum atomic E-state index is 8.81. The molecule has 8 aromatic rings. The second kappa shape index (κ2) is 8.30. The molecule has 8 aromatic carbocycles. The summed E-state index contributed by atoms with van der Waals surface area (Å²) in [6.45, 7) is 0. The van der Waals surface area contributed by atoms with Gasteiger partial charge in [-0.2, -0.15) is 0 Å². The number of benzene rings is 8. The first-order valence-electron chi connectivity index (χ1n) is 15.3. The summed E-state index contributed by atoms with van der Waals surface area (Å²) >= 11 is 0. The van der Waals surface area contributed by atoms with Crippen LogP contribution in [0.4, 0.5) is 0 Å². The summed E-state index contributed by atoms with van der Waals surface area (Å²) in [4.78, 5) is 0. The molecular weight excluding hydrogens is 456 g/mol. The molecule has 0 amide bonds. The molecule has 0 radical (unpaired) electrons. The average molecular weight is 486 g/mol. The third kappa shape index (κ3) is 3.11. The monoisotopic (exact) mass is 485 g/mol. The van der Waals surface area contributed by atoms with Gasteiger partial charge in [-0.15, -0.1) is 0 Å². The Morgan fingerprint density at radius 1 is 0.368 bits per heavy atom. The lowest BCUT2D eigenvalue weighted by Gasteiger charge is -2.19. The Morgan fingerprint density at radius 2 is 0.947 bits per heavy atom. The summed E-state index contributed by atoms with van der Waals surface area (Å²) in [6, 6.07) is 38.4. The second-order valence-corrected chi connectivity index (χ2v) is 9.73. The van der Waals surface area contributed by atoms with Crippen molar-refractivity contribution in [3.05, 3.63) is 145 Å². The molecular formula is C38H24. The van der Waals surface area contributed by atoms with Gasteiger partial charge in [0.25, 0.3) is 0 Å². The van der Waals surface area contributed by atoms with Crippen LogP contribution >= 0.6 is 0 Å². The van der Waals surface area contributed by atoms with Crippen LogP contribution in [0, 0.1) is 0 Å². The second-order valence-electron chi connectivity index (χ2n) is 9.73. The van der Waals surface area contributed by atoms with Crippen molar-refractivity contribution in [1.82, 2.24) is 0 Å². The van der Waals surface area contributed by atoms with Crippen molar-refractivity contribution in [2.24, 2.45) is 0 Å². The van der Waals surface area contributed by atoms with Crippen molar-refractivity contribution in [2.75, 3.05) is 0 Å². The van der Waals surface area contributed by atoms with Crippen LogP contribution < -0.4 is 0 Å². The van der Waals surface area contributed by atoms with Crippen molar-refractivity contribution >= 4 is 53.9 Å². The molecule has 0 spiro atoms. The van der Waals surface area contributed by atoms with Crippen LogP contribution in [-0.4, -0.2) is 0 Å². The molecule has 8 rings (SSSR count). The Bertz CT molecular complexity index is 2370. The summed E-state index contributed by atoms with van der Waals surface area (Å²) < 4.78 is 42.5. The molecule has 0 nitrogen and oxygen atoms in total. The molecule has 0 fully saturated rings. The summed E-state index contributed by atoms with van der Waals surface area (Å²) in [5, 5.41) is 10.7. The minimum absolute atomic E-state index is 0.196. The Morgan fingerprint density at radius 3 is 1.63 bits per heavy atom. The third-order valence-corrected chi connectivity index (χ3v) is 7.69. The van der Waals surface area contributed by atoms with E-state index in [0.29, 0.717) is 5.56 Å². The van der Waals surface area contributed by atoms with Crippen molar-refractivity contribution < 1.29 is 6.85 Å². The zero-order valence-electron chi connectivity index (χ0n) is 25.5. The van der Waals surface area contributed by atoms with E-state index in [1.54, 1.807) is 0 Å². The van der Waals surface area contributed by atoms with E-state index in [9.17, 15) is 0 Å². The Labute approximate surface area is 228 Å². The van der Waals surface area contributed by atoms with Crippen LogP contribution in [0.25, 0.3) is 76.1 Å². The van der Waals surface area contributed by atoms with Gasteiger partial charge in [-0.25, -0.2) is 0 Å². The highest BCUT2D eigenvalue weighted by Crippen LogP contribution is 2.45.